The maximum atomic E-state index is 13.6. The highest BCUT2D eigenvalue weighted by Gasteiger charge is 2.39. The molecule has 0 radical (unpaired) electrons. The lowest BCUT2D eigenvalue weighted by Gasteiger charge is -2.30. The van der Waals surface area contributed by atoms with Crippen molar-refractivity contribution in [3.8, 4) is 32.3 Å². The molecule has 0 saturated carbocycles. The number of H-pyrrole nitrogens is 2. The van der Waals surface area contributed by atoms with E-state index in [4.69, 9.17) is 14.5 Å². The number of carbonyl (C=O) groups excluding carboxylic acids is 4. The van der Waals surface area contributed by atoms with Gasteiger partial charge in [0.1, 0.15) is 23.7 Å². The maximum Gasteiger partial charge on any atom is 0.407 e. The minimum atomic E-state index is -0.683. The Hall–Kier alpha value is -5.22. The zero-order chi connectivity index (χ0) is 39.7. The van der Waals surface area contributed by atoms with Crippen LogP contribution >= 0.6 is 22.7 Å². The van der Waals surface area contributed by atoms with Crippen LogP contribution in [0.25, 0.3) is 41.7 Å². The second-order valence-electron chi connectivity index (χ2n) is 15.0. The maximum absolute atomic E-state index is 13.6. The number of nitrogens with one attached hydrogen (secondary N) is 4. The third kappa shape index (κ3) is 7.89. The first-order valence-electron chi connectivity index (χ1n) is 19.0. The number of amides is 4. The first-order valence-corrected chi connectivity index (χ1v) is 20.6. The molecule has 0 bridgehead atoms. The number of rotatable bonds is 11. The lowest BCUT2D eigenvalue weighted by atomic mass is 10.0. The number of carbonyl (C=O) groups is 4. The normalized spacial score (nSPS) is 18.1. The Labute approximate surface area is 333 Å². The van der Waals surface area contributed by atoms with E-state index >= 15 is 0 Å². The van der Waals surface area contributed by atoms with Crippen molar-refractivity contribution in [1.82, 2.24) is 40.4 Å². The van der Waals surface area contributed by atoms with Gasteiger partial charge in [-0.25, -0.2) is 19.6 Å². The van der Waals surface area contributed by atoms with Crippen molar-refractivity contribution < 1.29 is 28.7 Å². The summed E-state index contributed by atoms with van der Waals surface area (Å²) in [6, 6.07) is 11.0. The molecule has 0 aliphatic carbocycles. The van der Waals surface area contributed by atoms with Gasteiger partial charge < -0.3 is 39.9 Å². The Balaban J connectivity index is 1.02. The monoisotopic (exact) mass is 800 g/mol. The summed E-state index contributed by atoms with van der Waals surface area (Å²) in [6.07, 6.45) is 5.70. The second-order valence-corrected chi connectivity index (χ2v) is 17.2. The van der Waals surface area contributed by atoms with Crippen LogP contribution in [0.1, 0.15) is 77.1 Å². The molecule has 6 heterocycles. The van der Waals surface area contributed by atoms with E-state index in [0.717, 1.165) is 64.7 Å². The Morgan fingerprint density at radius 2 is 1.14 bits per heavy atom. The molecule has 14 nitrogen and oxygen atoms in total. The average molecular weight is 801 g/mol. The molecular formula is C40H48N8O6S2. The molecule has 56 heavy (non-hydrogen) atoms. The molecule has 7 rings (SSSR count). The molecule has 2 saturated heterocycles. The lowest BCUT2D eigenvalue weighted by molar-refractivity contribution is -0.136. The van der Waals surface area contributed by atoms with E-state index < -0.39 is 24.3 Å². The van der Waals surface area contributed by atoms with Crippen LogP contribution in [0.2, 0.25) is 0 Å². The third-order valence-electron chi connectivity index (χ3n) is 10.6. The van der Waals surface area contributed by atoms with Crippen LogP contribution in [0.5, 0.6) is 0 Å². The summed E-state index contributed by atoms with van der Waals surface area (Å²) < 4.78 is 11.9. The largest absolute Gasteiger partial charge is 0.453 e. The highest BCUT2D eigenvalue weighted by atomic mass is 32.1. The van der Waals surface area contributed by atoms with Crippen LogP contribution in [0.15, 0.2) is 48.8 Å². The molecule has 4 aromatic heterocycles. The summed E-state index contributed by atoms with van der Waals surface area (Å²) in [5.74, 6) is 1.01. The number of likely N-dealkylation sites (tertiary alicyclic amines) is 2. The van der Waals surface area contributed by atoms with Crippen LogP contribution in [0.3, 0.4) is 0 Å². The number of benzene rings is 1. The molecule has 2 fully saturated rings. The summed E-state index contributed by atoms with van der Waals surface area (Å²) in [7, 11) is 2.59. The smallest absolute Gasteiger partial charge is 0.407 e. The topological polar surface area (TPSA) is 175 Å². The molecule has 2 aliphatic rings. The standard InChI is InChI=1S/C40H48N8O6S2/c1-21(2)33(45-39(51)53-5)37(49)47-15-7-9-27(47)35-41-19-25(43-35)23-11-13-24(14-12-23)29-17-31-32(55-29)18-30(56-31)26-20-42-36(44-26)28-10-8-16-48(28)38(50)34(22(3)4)46-40(52)54-6/h11-14,17-22,27-28,33-34H,7-10,15-16H2,1-6H3,(H,41,43)(H,42,44)(H,45,51)(H,46,52)/t27-,28-,33-,34?/m0/s1. The van der Waals surface area contributed by atoms with Gasteiger partial charge in [-0.1, -0.05) is 52.0 Å². The summed E-state index contributed by atoms with van der Waals surface area (Å²) in [4.78, 5) is 73.2. The fourth-order valence-corrected chi connectivity index (χ4v) is 9.96. The van der Waals surface area contributed by atoms with Gasteiger partial charge in [0.15, 0.2) is 0 Å². The van der Waals surface area contributed by atoms with Gasteiger partial charge in [-0.3, -0.25) is 9.59 Å². The SMILES string of the molecule is COC(=O)NC(C(=O)N1CCC[C@H]1c1ncc(-c2cc3sc(-c4ccc(-c5cnc([C@@H]6CCCN6C(=O)[C@@H](NC(=O)OC)C(C)C)[nH]5)cc4)cc3s2)[nH]1)C(C)C. The Bertz CT molecular complexity index is 2170. The third-order valence-corrected chi connectivity index (χ3v) is 13.0. The van der Waals surface area contributed by atoms with Crippen LogP contribution in [-0.2, 0) is 19.1 Å². The highest BCUT2D eigenvalue weighted by molar-refractivity contribution is 7.31. The van der Waals surface area contributed by atoms with Gasteiger partial charge in [-0.2, -0.15) is 0 Å². The fourth-order valence-electron chi connectivity index (χ4n) is 7.59. The first kappa shape index (κ1) is 39.0. The van der Waals surface area contributed by atoms with Gasteiger partial charge in [-0.05, 0) is 60.8 Å². The second kappa shape index (κ2) is 16.5. The van der Waals surface area contributed by atoms with Gasteiger partial charge in [0.2, 0.25) is 11.8 Å². The van der Waals surface area contributed by atoms with Gasteiger partial charge in [0.05, 0.1) is 55.0 Å². The molecule has 16 heteroatoms. The summed E-state index contributed by atoms with van der Waals surface area (Å²) in [5, 5.41) is 5.40. The predicted octanol–water partition coefficient (Wildman–Crippen LogP) is 7.50. The summed E-state index contributed by atoms with van der Waals surface area (Å²) >= 11 is 3.44. The van der Waals surface area contributed by atoms with E-state index in [-0.39, 0.29) is 35.7 Å². The van der Waals surface area contributed by atoms with Crippen LogP contribution in [0.4, 0.5) is 9.59 Å². The van der Waals surface area contributed by atoms with Gasteiger partial charge >= 0.3 is 12.2 Å². The van der Waals surface area contributed by atoms with Crippen molar-refractivity contribution in [2.45, 2.75) is 77.5 Å². The highest BCUT2D eigenvalue weighted by Crippen LogP contribution is 2.42. The van der Waals surface area contributed by atoms with Crippen molar-refractivity contribution in [3.05, 3.63) is 60.4 Å². The molecular weight excluding hydrogens is 753 g/mol. The van der Waals surface area contributed by atoms with E-state index in [1.54, 1.807) is 22.7 Å². The van der Waals surface area contributed by atoms with E-state index in [1.807, 2.05) is 49.9 Å². The number of methoxy groups -OCH3 is 2. The number of aromatic nitrogens is 4. The van der Waals surface area contributed by atoms with Crippen molar-refractivity contribution >= 4 is 56.1 Å². The van der Waals surface area contributed by atoms with Crippen molar-refractivity contribution in [2.24, 2.45) is 11.8 Å². The van der Waals surface area contributed by atoms with E-state index in [0.29, 0.717) is 13.1 Å². The Morgan fingerprint density at radius 3 is 1.64 bits per heavy atom. The van der Waals surface area contributed by atoms with Crippen LogP contribution < -0.4 is 10.6 Å². The lowest BCUT2D eigenvalue weighted by Crippen LogP contribution is -2.51. The predicted molar refractivity (Wildman–Crippen MR) is 216 cm³/mol. The van der Waals surface area contributed by atoms with Crippen LogP contribution in [0, 0.1) is 11.8 Å². The van der Waals surface area contributed by atoms with Crippen molar-refractivity contribution in [3.63, 3.8) is 0 Å². The van der Waals surface area contributed by atoms with Crippen LogP contribution in [-0.4, -0.2) is 93.1 Å². The zero-order valence-corrected chi connectivity index (χ0v) is 34.0. The number of fused-ring (bicyclic) bond motifs is 1. The number of aromatic amines is 2. The summed E-state index contributed by atoms with van der Waals surface area (Å²) in [5.41, 5.74) is 3.89. The number of thiophene rings is 2. The molecule has 4 amide bonds. The molecule has 1 unspecified atom stereocenters. The first-order chi connectivity index (χ1) is 26.9. The van der Waals surface area contributed by atoms with Crippen molar-refractivity contribution in [2.75, 3.05) is 27.3 Å². The van der Waals surface area contributed by atoms with Crippen molar-refractivity contribution in [1.29, 1.82) is 0 Å². The fraction of sp³-hybridized carbons (Fsp3) is 0.450. The molecule has 0 spiro atoms. The quantitative estimate of drug-likeness (QED) is 0.106. The van der Waals surface area contributed by atoms with Gasteiger partial charge in [-0.15, -0.1) is 22.7 Å². The molecule has 4 atom stereocenters. The number of alkyl carbamates (subject to hydrolysis) is 2. The van der Waals surface area contributed by atoms with Gasteiger partial charge in [0, 0.05) is 27.4 Å². The number of ether oxygens (including phenoxy) is 2. The molecule has 296 valence electrons. The van der Waals surface area contributed by atoms with Gasteiger partial charge in [0.25, 0.3) is 0 Å². The molecule has 4 N–H and O–H groups in total. The van der Waals surface area contributed by atoms with E-state index in [9.17, 15) is 19.2 Å². The Kier molecular flexibility index (Phi) is 11.5. The zero-order valence-electron chi connectivity index (χ0n) is 32.4. The van der Waals surface area contributed by atoms with E-state index in [1.165, 1.54) is 28.5 Å². The number of hydrogen-bond donors (Lipinski definition) is 4. The number of hydrogen-bond acceptors (Lipinski definition) is 10. The number of imidazole rings is 2. The number of nitrogens with zero attached hydrogens (tertiary/aromatic N) is 4. The average Bonchev–Trinajstić information content (AvgIpc) is 4.04. The minimum Gasteiger partial charge on any atom is -0.453 e. The van der Waals surface area contributed by atoms with E-state index in [2.05, 4.69) is 62.0 Å². The minimum absolute atomic E-state index is 0.0990. The summed E-state index contributed by atoms with van der Waals surface area (Å²) in [6.45, 7) is 8.82. The molecule has 2 aliphatic heterocycles. The molecule has 5 aromatic rings. The molecule has 1 aromatic carbocycles. The Morgan fingerprint density at radius 1 is 0.696 bits per heavy atom.